The SMILES string of the molecule is CC(CCN(c1ccncc1)c1ccc(F)cc1)c1ccccc1. The molecule has 3 aromatic rings. The van der Waals surface area contributed by atoms with E-state index in [-0.39, 0.29) is 5.82 Å². The fourth-order valence-corrected chi connectivity index (χ4v) is 2.82. The molecule has 0 radical (unpaired) electrons. The van der Waals surface area contributed by atoms with Crippen molar-refractivity contribution in [2.45, 2.75) is 19.3 Å². The number of benzene rings is 2. The van der Waals surface area contributed by atoms with Gasteiger partial charge in [-0.2, -0.15) is 0 Å². The minimum atomic E-state index is -0.217. The highest BCUT2D eigenvalue weighted by Gasteiger charge is 2.12. The summed E-state index contributed by atoms with van der Waals surface area (Å²) in [6.45, 7) is 3.09. The number of hydrogen-bond acceptors (Lipinski definition) is 2. The Bertz CT molecular complexity index is 742. The molecule has 0 saturated carbocycles. The first-order valence-corrected chi connectivity index (χ1v) is 8.22. The normalized spacial score (nSPS) is 11.9. The van der Waals surface area contributed by atoms with Crippen LogP contribution >= 0.6 is 0 Å². The molecular formula is C21H21FN2. The minimum absolute atomic E-state index is 0.217. The van der Waals surface area contributed by atoms with Crippen LogP contribution in [0.4, 0.5) is 15.8 Å². The van der Waals surface area contributed by atoms with Gasteiger partial charge in [-0.1, -0.05) is 37.3 Å². The molecule has 0 fully saturated rings. The van der Waals surface area contributed by atoms with E-state index >= 15 is 0 Å². The Hall–Kier alpha value is -2.68. The van der Waals surface area contributed by atoms with Crippen LogP contribution in [-0.2, 0) is 0 Å². The quantitative estimate of drug-likeness (QED) is 0.591. The van der Waals surface area contributed by atoms with Crippen molar-refractivity contribution in [3.05, 3.63) is 90.5 Å². The molecule has 0 bridgehead atoms. The van der Waals surface area contributed by atoms with Gasteiger partial charge in [-0.15, -0.1) is 0 Å². The highest BCUT2D eigenvalue weighted by molar-refractivity contribution is 5.62. The predicted octanol–water partition coefficient (Wildman–Crippen LogP) is 5.55. The molecule has 3 heteroatoms. The molecule has 1 aromatic heterocycles. The smallest absolute Gasteiger partial charge is 0.123 e. The molecule has 1 unspecified atom stereocenters. The van der Waals surface area contributed by atoms with Crippen molar-refractivity contribution in [3.63, 3.8) is 0 Å². The predicted molar refractivity (Wildman–Crippen MR) is 97.1 cm³/mol. The Kier molecular flexibility index (Phi) is 5.22. The summed E-state index contributed by atoms with van der Waals surface area (Å²) in [5.74, 6) is 0.238. The lowest BCUT2D eigenvalue weighted by Crippen LogP contribution is -2.20. The molecule has 1 heterocycles. The van der Waals surface area contributed by atoms with E-state index in [2.05, 4.69) is 41.1 Å². The van der Waals surface area contributed by atoms with Crippen LogP contribution in [0.1, 0.15) is 24.8 Å². The lowest BCUT2D eigenvalue weighted by Gasteiger charge is -2.26. The molecule has 122 valence electrons. The molecule has 24 heavy (non-hydrogen) atoms. The third-order valence-electron chi connectivity index (χ3n) is 4.27. The molecule has 0 aliphatic carbocycles. The van der Waals surface area contributed by atoms with Crippen LogP contribution in [0.2, 0.25) is 0 Å². The highest BCUT2D eigenvalue weighted by Crippen LogP contribution is 2.27. The molecule has 0 saturated heterocycles. The van der Waals surface area contributed by atoms with Crippen molar-refractivity contribution < 1.29 is 4.39 Å². The Morgan fingerprint density at radius 3 is 2.17 bits per heavy atom. The summed E-state index contributed by atoms with van der Waals surface area (Å²) in [6.07, 6.45) is 4.57. The molecule has 1 atom stereocenters. The minimum Gasteiger partial charge on any atom is -0.341 e. The van der Waals surface area contributed by atoms with Gasteiger partial charge in [0.2, 0.25) is 0 Å². The fourth-order valence-electron chi connectivity index (χ4n) is 2.82. The maximum absolute atomic E-state index is 13.3. The van der Waals surface area contributed by atoms with E-state index in [1.807, 2.05) is 30.3 Å². The maximum atomic E-state index is 13.3. The molecule has 2 nitrogen and oxygen atoms in total. The Labute approximate surface area is 142 Å². The number of rotatable bonds is 6. The van der Waals surface area contributed by atoms with Crippen LogP contribution in [0.15, 0.2) is 79.1 Å². The Morgan fingerprint density at radius 1 is 0.875 bits per heavy atom. The van der Waals surface area contributed by atoms with Gasteiger partial charge in [-0.3, -0.25) is 4.98 Å². The third-order valence-corrected chi connectivity index (χ3v) is 4.27. The van der Waals surface area contributed by atoms with Crippen molar-refractivity contribution in [2.75, 3.05) is 11.4 Å². The van der Waals surface area contributed by atoms with Gasteiger partial charge in [-0.25, -0.2) is 4.39 Å². The van der Waals surface area contributed by atoms with Crippen LogP contribution < -0.4 is 4.90 Å². The average Bonchev–Trinajstić information content (AvgIpc) is 2.65. The van der Waals surface area contributed by atoms with E-state index in [0.29, 0.717) is 5.92 Å². The summed E-state index contributed by atoms with van der Waals surface area (Å²) in [4.78, 5) is 6.30. The van der Waals surface area contributed by atoms with Crippen molar-refractivity contribution in [2.24, 2.45) is 0 Å². The molecular weight excluding hydrogens is 299 g/mol. The standard InChI is InChI=1S/C21H21FN2/c1-17(18-5-3-2-4-6-18)13-16-24(21-11-14-23-15-12-21)20-9-7-19(22)8-10-20/h2-12,14-15,17H,13,16H2,1H3. The number of pyridine rings is 1. The Balaban J connectivity index is 1.79. The van der Waals surface area contributed by atoms with Gasteiger partial charge in [0.05, 0.1) is 0 Å². The van der Waals surface area contributed by atoms with Gasteiger partial charge >= 0.3 is 0 Å². The molecule has 3 rings (SSSR count). The summed E-state index contributed by atoms with van der Waals surface area (Å²) >= 11 is 0. The van der Waals surface area contributed by atoms with Crippen LogP contribution in [0.25, 0.3) is 0 Å². The summed E-state index contributed by atoms with van der Waals surface area (Å²) < 4.78 is 13.3. The summed E-state index contributed by atoms with van der Waals surface area (Å²) in [5.41, 5.74) is 3.39. The van der Waals surface area contributed by atoms with E-state index < -0.39 is 0 Å². The number of hydrogen-bond donors (Lipinski definition) is 0. The van der Waals surface area contributed by atoms with E-state index in [1.54, 1.807) is 12.4 Å². The topological polar surface area (TPSA) is 16.1 Å². The zero-order chi connectivity index (χ0) is 16.8. The van der Waals surface area contributed by atoms with Crippen LogP contribution in [0.5, 0.6) is 0 Å². The summed E-state index contributed by atoms with van der Waals surface area (Å²) in [5, 5.41) is 0. The summed E-state index contributed by atoms with van der Waals surface area (Å²) in [7, 11) is 0. The summed E-state index contributed by atoms with van der Waals surface area (Å²) in [6, 6.07) is 21.1. The van der Waals surface area contributed by atoms with Gasteiger partial charge in [-0.05, 0) is 54.3 Å². The van der Waals surface area contributed by atoms with Gasteiger partial charge in [0.1, 0.15) is 5.82 Å². The van der Waals surface area contributed by atoms with E-state index in [9.17, 15) is 4.39 Å². The largest absolute Gasteiger partial charge is 0.341 e. The maximum Gasteiger partial charge on any atom is 0.123 e. The number of aromatic nitrogens is 1. The zero-order valence-corrected chi connectivity index (χ0v) is 13.8. The molecule has 0 amide bonds. The lowest BCUT2D eigenvalue weighted by atomic mass is 9.97. The molecule has 2 aromatic carbocycles. The van der Waals surface area contributed by atoms with Gasteiger partial charge < -0.3 is 4.90 Å². The van der Waals surface area contributed by atoms with Crippen molar-refractivity contribution >= 4 is 11.4 Å². The first kappa shape index (κ1) is 16.2. The van der Waals surface area contributed by atoms with Gasteiger partial charge in [0.15, 0.2) is 0 Å². The molecule has 0 aliphatic heterocycles. The fraction of sp³-hybridized carbons (Fsp3) is 0.190. The molecule has 0 aliphatic rings. The van der Waals surface area contributed by atoms with E-state index in [1.165, 1.54) is 17.7 Å². The first-order chi connectivity index (χ1) is 11.7. The zero-order valence-electron chi connectivity index (χ0n) is 13.8. The number of halogens is 1. The van der Waals surface area contributed by atoms with E-state index in [0.717, 1.165) is 24.3 Å². The first-order valence-electron chi connectivity index (χ1n) is 8.22. The number of nitrogens with zero attached hydrogens (tertiary/aromatic N) is 2. The van der Waals surface area contributed by atoms with Gasteiger partial charge in [0.25, 0.3) is 0 Å². The van der Waals surface area contributed by atoms with Crippen molar-refractivity contribution in [1.29, 1.82) is 0 Å². The molecule has 0 N–H and O–H groups in total. The second-order valence-corrected chi connectivity index (χ2v) is 5.93. The van der Waals surface area contributed by atoms with Gasteiger partial charge in [0, 0.05) is 30.3 Å². The van der Waals surface area contributed by atoms with Crippen molar-refractivity contribution in [1.82, 2.24) is 4.98 Å². The third kappa shape index (κ3) is 3.99. The van der Waals surface area contributed by atoms with Crippen LogP contribution in [0, 0.1) is 5.82 Å². The van der Waals surface area contributed by atoms with Crippen LogP contribution in [-0.4, -0.2) is 11.5 Å². The number of anilines is 2. The van der Waals surface area contributed by atoms with E-state index in [4.69, 9.17) is 0 Å². The monoisotopic (exact) mass is 320 g/mol. The average molecular weight is 320 g/mol. The van der Waals surface area contributed by atoms with Crippen LogP contribution in [0.3, 0.4) is 0 Å². The lowest BCUT2D eigenvalue weighted by molar-refractivity contribution is 0.627. The molecule has 0 spiro atoms. The Morgan fingerprint density at radius 2 is 1.50 bits per heavy atom. The van der Waals surface area contributed by atoms with Crippen molar-refractivity contribution in [3.8, 4) is 0 Å². The second-order valence-electron chi connectivity index (χ2n) is 5.93. The second kappa shape index (κ2) is 7.73. The highest BCUT2D eigenvalue weighted by atomic mass is 19.1.